The zero-order valence-electron chi connectivity index (χ0n) is 43.1. The summed E-state index contributed by atoms with van der Waals surface area (Å²) in [5.74, 6) is -9.31. The van der Waals surface area contributed by atoms with Crippen LogP contribution in [0.2, 0.25) is 0 Å². The van der Waals surface area contributed by atoms with Crippen LogP contribution < -0.4 is 76.1 Å². The SMILES string of the molecule is C[C@@H](O)[C@@H]1NC(=O)C(NC(=O)OC(C)(C)C)C[C@@H](O)CNC(=O)[C@@H]2[C@@H](O)[C@@H](C)CN2C(=O)[C@H]([C@H](O)CC(N)=O)NC(=O)[C@H]([C@H](O)Cc2ccc(OCc3ccccc3)c(OSOO[O-])c2)NC(=O)[C@@H]2C[C@@H](O)CN2C1=O.[Na+]. The van der Waals surface area contributed by atoms with Crippen molar-refractivity contribution < 1.29 is 127 Å². The van der Waals surface area contributed by atoms with Crippen LogP contribution in [0.4, 0.5) is 4.79 Å². The Balaban J connectivity index is 0.0000128. The molecular formula is C47H65N8NaO20S. The van der Waals surface area contributed by atoms with Gasteiger partial charge in [0.25, 0.3) is 12.3 Å². The van der Waals surface area contributed by atoms with E-state index in [1.807, 2.05) is 0 Å². The molecule has 3 heterocycles. The number of β-amino-alcohol motifs (C(OH)–C–C–N with tert-alkyl or cyclic N) is 1. The van der Waals surface area contributed by atoms with Gasteiger partial charge in [-0.3, -0.25) is 38.6 Å². The summed E-state index contributed by atoms with van der Waals surface area (Å²) in [6.45, 7) is 5.52. The van der Waals surface area contributed by atoms with Gasteiger partial charge in [-0.1, -0.05) is 43.3 Å². The van der Waals surface area contributed by atoms with E-state index in [4.69, 9.17) is 19.4 Å². The monoisotopic (exact) mass is 1120 g/mol. The Hall–Kier alpha value is -5.41. The van der Waals surface area contributed by atoms with Crippen LogP contribution in [0.15, 0.2) is 48.5 Å². The van der Waals surface area contributed by atoms with Crippen molar-refractivity contribution in [2.45, 2.75) is 145 Å². The third-order valence-corrected chi connectivity index (χ3v) is 12.8. The quantitative estimate of drug-likeness (QED) is 0.0259. The summed E-state index contributed by atoms with van der Waals surface area (Å²) in [6.07, 6.45) is -14.5. The molecule has 3 aliphatic rings. The predicted molar refractivity (Wildman–Crippen MR) is 258 cm³/mol. The number of amides is 8. The number of carbonyl (C=O) groups is 8. The van der Waals surface area contributed by atoms with E-state index in [2.05, 4.69) is 36.0 Å². The van der Waals surface area contributed by atoms with Crippen LogP contribution in [0.5, 0.6) is 11.5 Å². The summed E-state index contributed by atoms with van der Waals surface area (Å²) < 4.78 is 20.9. The summed E-state index contributed by atoms with van der Waals surface area (Å²) in [6, 6.07) is 1.51. The maximum Gasteiger partial charge on any atom is 1.00 e. The molecule has 13 N–H and O–H groups in total. The van der Waals surface area contributed by atoms with Crippen LogP contribution in [0.1, 0.15) is 65.0 Å². The maximum absolute atomic E-state index is 14.7. The van der Waals surface area contributed by atoms with Crippen molar-refractivity contribution >= 4 is 59.8 Å². The minimum atomic E-state index is -2.20. The van der Waals surface area contributed by atoms with Gasteiger partial charge in [0.1, 0.15) is 48.5 Å². The normalized spacial score (nSPS) is 27.2. The molecule has 0 radical (unpaired) electrons. The van der Waals surface area contributed by atoms with Crippen molar-refractivity contribution in [2.75, 3.05) is 19.6 Å². The molecule has 77 heavy (non-hydrogen) atoms. The summed E-state index contributed by atoms with van der Waals surface area (Å²) in [5.41, 5.74) is 5.21. The zero-order valence-corrected chi connectivity index (χ0v) is 45.9. The fourth-order valence-corrected chi connectivity index (χ4v) is 8.97. The molecule has 1 unspecified atom stereocenters. The zero-order chi connectivity index (χ0) is 56.2. The van der Waals surface area contributed by atoms with Gasteiger partial charge in [0.15, 0.2) is 11.5 Å². The molecule has 420 valence electrons. The molecule has 5 rings (SSSR count). The second-order valence-electron chi connectivity index (χ2n) is 19.7. The summed E-state index contributed by atoms with van der Waals surface area (Å²) >= 11 is 0.0967. The van der Waals surface area contributed by atoms with E-state index in [1.54, 1.807) is 30.3 Å². The number of ether oxygens (including phenoxy) is 2. The maximum atomic E-state index is 14.7. The Labute approximate surface area is 468 Å². The number of hydrogen-bond donors (Lipinski definition) is 12. The molecule has 3 fully saturated rings. The standard InChI is InChI=1S/C47H66N8O20S.Na/c1-22-19-55-38(39(22)62)43(66)49-18-26(57)15-28(50-46(69)72-47(3,4)5)40(63)51-35(23(2)56)44(67)54-20-27(58)16-29(54)41(64)52-36(42(65)53-37(45(55)68)31(60)17-34(48)61)30(59)13-25-11-12-32(33(14-25)73-76-75-74-70)71-21-24-9-7-6-8-10-24;/h6-12,14,22-23,26-31,35-39,56-60,62,70H,13,15-21H2,1-5H3,(H2,48,61)(H,49,66)(H,50,69)(H,51,63)(H,52,64)(H,53,65);/q;+1/p-1/t22-,23+,26+,27+,28?,29-,30+,31+,35-,36-,37-,38-,39-;/m0./s1. The van der Waals surface area contributed by atoms with E-state index in [1.165, 1.54) is 45.9 Å². The van der Waals surface area contributed by atoms with Crippen molar-refractivity contribution in [3.05, 3.63) is 59.7 Å². The van der Waals surface area contributed by atoms with Gasteiger partial charge in [-0.2, -0.15) is 0 Å². The van der Waals surface area contributed by atoms with E-state index in [9.17, 15) is 74.3 Å². The van der Waals surface area contributed by atoms with Crippen molar-refractivity contribution in [2.24, 2.45) is 11.7 Å². The number of fused-ring (bicyclic) bond motifs is 2. The molecule has 0 spiro atoms. The number of rotatable bonds is 15. The Morgan fingerprint density at radius 2 is 1.47 bits per heavy atom. The number of nitrogens with two attached hydrogens (primary N) is 1. The molecule has 0 aromatic heterocycles. The van der Waals surface area contributed by atoms with Gasteiger partial charge in [0, 0.05) is 44.8 Å². The molecule has 28 nitrogen and oxygen atoms in total. The van der Waals surface area contributed by atoms with Crippen LogP contribution in [-0.2, 0) is 60.7 Å². The molecule has 2 aromatic carbocycles. The first-order valence-corrected chi connectivity index (χ1v) is 24.7. The summed E-state index contributed by atoms with van der Waals surface area (Å²) in [4.78, 5) is 113. The molecule has 0 aliphatic carbocycles. The molecule has 0 saturated carbocycles. The Morgan fingerprint density at radius 3 is 2.10 bits per heavy atom. The molecule has 3 saturated heterocycles. The Bertz CT molecular complexity index is 2390. The smallest absolute Gasteiger partial charge is 0.691 e. The van der Waals surface area contributed by atoms with Gasteiger partial charge in [-0.05, 0) is 51.0 Å². The molecule has 2 aromatic rings. The number of aliphatic hydroxyl groups excluding tert-OH is 6. The van der Waals surface area contributed by atoms with Crippen molar-refractivity contribution in [1.82, 2.24) is 36.4 Å². The Kier molecular flexibility index (Phi) is 24.1. The van der Waals surface area contributed by atoms with Gasteiger partial charge < -0.3 is 91.7 Å². The van der Waals surface area contributed by atoms with Crippen molar-refractivity contribution in [3.63, 3.8) is 0 Å². The summed E-state index contributed by atoms with van der Waals surface area (Å²) in [7, 11) is 0. The number of benzene rings is 2. The van der Waals surface area contributed by atoms with Crippen molar-refractivity contribution in [1.29, 1.82) is 0 Å². The van der Waals surface area contributed by atoms with Crippen LogP contribution in [-0.4, -0.2) is 186 Å². The molecule has 8 amide bonds. The summed E-state index contributed by atoms with van der Waals surface area (Å²) in [5, 5.41) is 93.2. The molecule has 3 aliphatic heterocycles. The molecular weight excluding hydrogens is 1050 g/mol. The van der Waals surface area contributed by atoms with E-state index in [0.717, 1.165) is 22.3 Å². The minimum absolute atomic E-state index is 0. The van der Waals surface area contributed by atoms with Gasteiger partial charge in [-0.25, -0.2) is 4.79 Å². The number of nitrogens with one attached hydrogen (secondary N) is 5. The van der Waals surface area contributed by atoms with E-state index in [0.29, 0.717) is 0 Å². The fraction of sp³-hybridized carbons (Fsp3) is 0.574. The third-order valence-electron chi connectivity index (χ3n) is 12.4. The van der Waals surface area contributed by atoms with E-state index < -0.39 is 171 Å². The van der Waals surface area contributed by atoms with Crippen LogP contribution in [0.25, 0.3) is 0 Å². The Morgan fingerprint density at radius 1 is 0.818 bits per heavy atom. The second-order valence-corrected chi connectivity index (χ2v) is 20.1. The first kappa shape index (κ1) is 64.1. The van der Waals surface area contributed by atoms with Crippen molar-refractivity contribution in [3.8, 4) is 11.5 Å². The largest absolute Gasteiger partial charge is 1.00 e. The predicted octanol–water partition coefficient (Wildman–Crippen LogP) is -7.65. The number of nitrogens with zero attached hydrogens (tertiary/aromatic N) is 2. The third kappa shape index (κ3) is 18.1. The average Bonchev–Trinajstić information content (AvgIpc) is 3.89. The number of primary amides is 1. The number of aliphatic hydroxyl groups is 6. The van der Waals surface area contributed by atoms with E-state index >= 15 is 0 Å². The topological polar surface area (TPSA) is 420 Å². The van der Waals surface area contributed by atoms with Gasteiger partial charge in [0.2, 0.25) is 41.4 Å². The van der Waals surface area contributed by atoms with Crippen LogP contribution in [0, 0.1) is 5.92 Å². The van der Waals surface area contributed by atoms with Gasteiger partial charge in [-0.15, -0.1) is 4.33 Å². The second kappa shape index (κ2) is 29.0. The van der Waals surface area contributed by atoms with Gasteiger partial charge >= 0.3 is 35.7 Å². The van der Waals surface area contributed by atoms with Crippen LogP contribution >= 0.6 is 12.3 Å². The molecule has 0 bridgehead atoms. The number of carbonyl (C=O) groups excluding carboxylic acids is 8. The van der Waals surface area contributed by atoms with Crippen LogP contribution in [0.3, 0.4) is 0 Å². The number of alkyl carbamates (subject to hydrolysis) is 1. The molecule has 13 atom stereocenters. The average molecular weight is 1120 g/mol. The first-order chi connectivity index (χ1) is 35.8. The first-order valence-electron chi connectivity index (χ1n) is 24.0. The minimum Gasteiger partial charge on any atom is -0.691 e. The van der Waals surface area contributed by atoms with Gasteiger partial charge in [0.05, 0.1) is 43.0 Å². The number of hydrogen-bond acceptors (Lipinski definition) is 21. The van der Waals surface area contributed by atoms with E-state index in [-0.39, 0.29) is 72.1 Å². The molecule has 30 heteroatoms. The fourth-order valence-electron chi connectivity index (χ4n) is 8.71.